The SMILES string of the molecule is CCNC(=O)Oc1ccccc1CCl. The molecule has 1 aromatic rings. The number of hydrogen-bond acceptors (Lipinski definition) is 2. The number of benzene rings is 1. The van der Waals surface area contributed by atoms with Crippen molar-refractivity contribution in [2.45, 2.75) is 12.8 Å². The number of carbonyl (C=O) groups excluding carboxylic acids is 1. The third-order valence-electron chi connectivity index (χ3n) is 1.64. The predicted octanol–water partition coefficient (Wildman–Crippen LogP) is 2.53. The van der Waals surface area contributed by atoms with Crippen LogP contribution in [-0.4, -0.2) is 12.6 Å². The second kappa shape index (κ2) is 5.50. The van der Waals surface area contributed by atoms with Crippen molar-refractivity contribution in [2.24, 2.45) is 0 Å². The minimum atomic E-state index is -0.454. The van der Waals surface area contributed by atoms with Gasteiger partial charge in [0.05, 0.1) is 5.88 Å². The molecule has 1 aromatic carbocycles. The van der Waals surface area contributed by atoms with Crippen molar-refractivity contribution in [2.75, 3.05) is 6.54 Å². The third-order valence-corrected chi connectivity index (χ3v) is 1.93. The van der Waals surface area contributed by atoms with Gasteiger partial charge in [0.15, 0.2) is 0 Å². The lowest BCUT2D eigenvalue weighted by Gasteiger charge is -2.07. The maximum atomic E-state index is 11.1. The van der Waals surface area contributed by atoms with Gasteiger partial charge in [-0.25, -0.2) is 4.79 Å². The fraction of sp³-hybridized carbons (Fsp3) is 0.300. The first-order valence-electron chi connectivity index (χ1n) is 4.37. The van der Waals surface area contributed by atoms with Crippen LogP contribution in [0.4, 0.5) is 4.79 Å². The summed E-state index contributed by atoms with van der Waals surface area (Å²) >= 11 is 5.68. The molecule has 0 aromatic heterocycles. The number of carbonyl (C=O) groups is 1. The number of halogens is 1. The van der Waals surface area contributed by atoms with E-state index in [1.54, 1.807) is 12.1 Å². The first kappa shape index (κ1) is 10.9. The molecule has 0 aliphatic carbocycles. The van der Waals surface area contributed by atoms with Crippen LogP contribution in [0.2, 0.25) is 0 Å². The normalized spacial score (nSPS) is 9.57. The number of alkyl halides is 1. The summed E-state index contributed by atoms with van der Waals surface area (Å²) in [5.74, 6) is 0.837. The Morgan fingerprint density at radius 2 is 2.21 bits per heavy atom. The van der Waals surface area contributed by atoms with Gasteiger partial charge in [0.25, 0.3) is 0 Å². The molecule has 0 atom stereocenters. The Kier molecular flexibility index (Phi) is 4.26. The van der Waals surface area contributed by atoms with Crippen LogP contribution in [0.3, 0.4) is 0 Å². The van der Waals surface area contributed by atoms with Gasteiger partial charge in [-0.3, -0.25) is 0 Å². The monoisotopic (exact) mass is 213 g/mol. The van der Waals surface area contributed by atoms with Crippen LogP contribution in [0.25, 0.3) is 0 Å². The maximum absolute atomic E-state index is 11.1. The van der Waals surface area contributed by atoms with Crippen molar-refractivity contribution in [1.29, 1.82) is 0 Å². The zero-order valence-electron chi connectivity index (χ0n) is 7.92. The van der Waals surface area contributed by atoms with E-state index in [9.17, 15) is 4.79 Å². The Morgan fingerprint density at radius 1 is 1.50 bits per heavy atom. The molecule has 0 saturated carbocycles. The molecule has 76 valence electrons. The molecule has 0 bridgehead atoms. The molecule has 0 heterocycles. The van der Waals surface area contributed by atoms with Crippen molar-refractivity contribution in [1.82, 2.24) is 5.32 Å². The predicted molar refractivity (Wildman–Crippen MR) is 55.7 cm³/mol. The summed E-state index contributed by atoms with van der Waals surface area (Å²) in [4.78, 5) is 11.1. The molecule has 14 heavy (non-hydrogen) atoms. The average Bonchev–Trinajstić information content (AvgIpc) is 2.19. The fourth-order valence-electron chi connectivity index (χ4n) is 0.994. The number of ether oxygens (including phenoxy) is 1. The zero-order valence-corrected chi connectivity index (χ0v) is 8.67. The van der Waals surface area contributed by atoms with Crippen LogP contribution >= 0.6 is 11.6 Å². The first-order chi connectivity index (χ1) is 6.77. The van der Waals surface area contributed by atoms with E-state index in [-0.39, 0.29) is 0 Å². The molecular formula is C10H12ClNO2. The van der Waals surface area contributed by atoms with Crippen molar-refractivity contribution in [3.63, 3.8) is 0 Å². The average molecular weight is 214 g/mol. The van der Waals surface area contributed by atoms with Crippen LogP contribution in [0.1, 0.15) is 12.5 Å². The maximum Gasteiger partial charge on any atom is 0.412 e. The Balaban J connectivity index is 2.70. The minimum Gasteiger partial charge on any atom is -0.410 e. The second-order valence-corrected chi connectivity index (χ2v) is 2.93. The van der Waals surface area contributed by atoms with Gasteiger partial charge in [-0.2, -0.15) is 0 Å². The van der Waals surface area contributed by atoms with Crippen molar-refractivity contribution in [3.05, 3.63) is 29.8 Å². The molecule has 0 radical (unpaired) electrons. The van der Waals surface area contributed by atoms with Gasteiger partial charge >= 0.3 is 6.09 Å². The summed E-state index contributed by atoms with van der Waals surface area (Å²) in [5, 5.41) is 2.54. The van der Waals surface area contributed by atoms with Gasteiger partial charge < -0.3 is 10.1 Å². The molecule has 1 amide bonds. The summed E-state index contributed by atoms with van der Waals surface area (Å²) in [5.41, 5.74) is 0.806. The van der Waals surface area contributed by atoms with Crippen LogP contribution < -0.4 is 10.1 Å². The molecule has 3 nitrogen and oxygen atoms in total. The molecule has 4 heteroatoms. The summed E-state index contributed by atoms with van der Waals surface area (Å²) in [6.45, 7) is 2.37. The highest BCUT2D eigenvalue weighted by Crippen LogP contribution is 2.19. The largest absolute Gasteiger partial charge is 0.412 e. The molecule has 0 saturated heterocycles. The lowest BCUT2D eigenvalue weighted by Crippen LogP contribution is -2.26. The van der Waals surface area contributed by atoms with Gasteiger partial charge in [0, 0.05) is 12.1 Å². The Morgan fingerprint density at radius 3 is 2.86 bits per heavy atom. The summed E-state index contributed by atoms with van der Waals surface area (Å²) in [7, 11) is 0. The van der Waals surface area contributed by atoms with E-state index in [2.05, 4.69) is 5.32 Å². The van der Waals surface area contributed by atoms with E-state index >= 15 is 0 Å². The van der Waals surface area contributed by atoms with Crippen LogP contribution in [0.5, 0.6) is 5.75 Å². The molecule has 0 unspecified atom stereocenters. The molecule has 0 aliphatic heterocycles. The van der Waals surface area contributed by atoms with Crippen molar-refractivity contribution in [3.8, 4) is 5.75 Å². The molecular weight excluding hydrogens is 202 g/mol. The summed E-state index contributed by atoms with van der Waals surface area (Å²) in [6.07, 6.45) is -0.454. The lowest BCUT2D eigenvalue weighted by atomic mass is 10.2. The van der Waals surface area contributed by atoms with Crippen molar-refractivity contribution >= 4 is 17.7 Å². The Labute approximate surface area is 88.0 Å². The summed E-state index contributed by atoms with van der Waals surface area (Å²) < 4.78 is 5.04. The van der Waals surface area contributed by atoms with E-state index in [4.69, 9.17) is 16.3 Å². The van der Waals surface area contributed by atoms with E-state index in [0.717, 1.165) is 5.56 Å². The van der Waals surface area contributed by atoms with Gasteiger partial charge in [0.2, 0.25) is 0 Å². The molecule has 0 spiro atoms. The third kappa shape index (κ3) is 2.92. The molecule has 0 fully saturated rings. The standard InChI is InChI=1S/C10H12ClNO2/c1-2-12-10(13)14-9-6-4-3-5-8(9)7-11/h3-6H,2,7H2,1H3,(H,12,13). The Bertz CT molecular complexity index is 315. The van der Waals surface area contributed by atoms with Gasteiger partial charge in [-0.1, -0.05) is 18.2 Å². The van der Waals surface area contributed by atoms with Gasteiger partial charge in [0.1, 0.15) is 5.75 Å². The first-order valence-corrected chi connectivity index (χ1v) is 4.91. The van der Waals surface area contributed by atoms with Gasteiger partial charge in [-0.05, 0) is 13.0 Å². The zero-order chi connectivity index (χ0) is 10.4. The van der Waals surface area contributed by atoms with E-state index < -0.39 is 6.09 Å². The van der Waals surface area contributed by atoms with E-state index in [1.165, 1.54) is 0 Å². The van der Waals surface area contributed by atoms with Crippen molar-refractivity contribution < 1.29 is 9.53 Å². The quantitative estimate of drug-likeness (QED) is 0.784. The lowest BCUT2D eigenvalue weighted by molar-refractivity contribution is 0.201. The number of amides is 1. The molecule has 1 N–H and O–H groups in total. The summed E-state index contributed by atoms with van der Waals surface area (Å²) in [6, 6.07) is 7.18. The highest BCUT2D eigenvalue weighted by molar-refractivity contribution is 6.17. The van der Waals surface area contributed by atoms with E-state index in [0.29, 0.717) is 18.2 Å². The molecule has 0 aliphatic rings. The van der Waals surface area contributed by atoms with Crippen LogP contribution in [-0.2, 0) is 5.88 Å². The smallest absolute Gasteiger partial charge is 0.410 e. The Hall–Kier alpha value is -1.22. The van der Waals surface area contributed by atoms with E-state index in [1.807, 2.05) is 19.1 Å². The molecule has 1 rings (SSSR count). The van der Waals surface area contributed by atoms with Gasteiger partial charge in [-0.15, -0.1) is 11.6 Å². The number of hydrogen-bond donors (Lipinski definition) is 1. The van der Waals surface area contributed by atoms with Crippen LogP contribution in [0.15, 0.2) is 24.3 Å². The number of para-hydroxylation sites is 1. The number of rotatable bonds is 3. The highest BCUT2D eigenvalue weighted by atomic mass is 35.5. The minimum absolute atomic E-state index is 0.329. The fourth-order valence-corrected chi connectivity index (χ4v) is 1.21. The number of nitrogens with one attached hydrogen (secondary N) is 1. The topological polar surface area (TPSA) is 38.3 Å². The van der Waals surface area contributed by atoms with Crippen LogP contribution in [0, 0.1) is 0 Å². The second-order valence-electron chi connectivity index (χ2n) is 2.66. The highest BCUT2D eigenvalue weighted by Gasteiger charge is 2.06.